The number of nitrogens with zero attached hydrogens (tertiary/aromatic N) is 3. The highest BCUT2D eigenvalue weighted by Gasteiger charge is 2.30. The molecule has 0 N–H and O–H groups in total. The number of thiophene rings is 1. The third-order valence-corrected chi connectivity index (χ3v) is 4.35. The molecule has 6 nitrogen and oxygen atoms in total. The van der Waals surface area contributed by atoms with Gasteiger partial charge in [-0.3, -0.25) is 9.69 Å². The zero-order valence-electron chi connectivity index (χ0n) is 11.8. The molecule has 21 heavy (non-hydrogen) atoms. The highest BCUT2D eigenvalue weighted by atomic mass is 32.1. The van der Waals surface area contributed by atoms with Crippen LogP contribution >= 0.6 is 11.3 Å². The number of likely N-dealkylation sites (tertiary alicyclic amines) is 1. The molecule has 1 atom stereocenters. The number of rotatable bonds is 4. The van der Waals surface area contributed by atoms with E-state index in [-0.39, 0.29) is 12.0 Å². The molecule has 0 amide bonds. The van der Waals surface area contributed by atoms with E-state index in [0.29, 0.717) is 18.3 Å². The third-order valence-electron chi connectivity index (χ3n) is 3.67. The van der Waals surface area contributed by atoms with Crippen molar-refractivity contribution in [3.05, 3.63) is 22.7 Å². The molecule has 0 radical (unpaired) electrons. The maximum absolute atomic E-state index is 11.8. The molecule has 0 unspecified atom stereocenters. The van der Waals surface area contributed by atoms with Gasteiger partial charge in [0.1, 0.15) is 6.04 Å². The summed E-state index contributed by atoms with van der Waals surface area (Å²) in [7, 11) is 1.43. The van der Waals surface area contributed by atoms with Crippen molar-refractivity contribution in [3.8, 4) is 11.5 Å². The summed E-state index contributed by atoms with van der Waals surface area (Å²) in [5.41, 5.74) is 0.932. The number of aromatic nitrogens is 2. The molecular formula is C14H17N3O3S. The molecule has 0 spiro atoms. The van der Waals surface area contributed by atoms with Crippen LogP contribution in [0.4, 0.5) is 0 Å². The van der Waals surface area contributed by atoms with Crippen molar-refractivity contribution in [2.75, 3.05) is 13.7 Å². The largest absolute Gasteiger partial charge is 0.468 e. The fraction of sp³-hybridized carbons (Fsp3) is 0.500. The standard InChI is InChI=1S/C14H17N3O3S/c1-19-14(18)11-4-2-3-6-17(11)8-12-15-13(20-16-12)10-5-7-21-9-10/h5,7,9,11H,2-4,6,8H2,1H3/t11-/m1/s1. The lowest BCUT2D eigenvalue weighted by Crippen LogP contribution is -2.44. The number of carbonyl (C=O) groups is 1. The first kappa shape index (κ1) is 14.2. The maximum Gasteiger partial charge on any atom is 0.323 e. The minimum absolute atomic E-state index is 0.184. The van der Waals surface area contributed by atoms with E-state index in [2.05, 4.69) is 15.0 Å². The lowest BCUT2D eigenvalue weighted by molar-refractivity contribution is -0.148. The Bertz CT molecular complexity index is 596. The number of ether oxygens (including phenoxy) is 1. The Morgan fingerprint density at radius 1 is 1.57 bits per heavy atom. The molecule has 1 aliphatic heterocycles. The maximum atomic E-state index is 11.8. The fourth-order valence-electron chi connectivity index (χ4n) is 2.59. The Labute approximate surface area is 126 Å². The molecule has 1 aliphatic rings. The second-order valence-corrected chi connectivity index (χ2v) is 5.81. The highest BCUT2D eigenvalue weighted by molar-refractivity contribution is 7.08. The van der Waals surface area contributed by atoms with Gasteiger partial charge in [-0.1, -0.05) is 11.6 Å². The number of methoxy groups -OCH3 is 1. The van der Waals surface area contributed by atoms with Gasteiger partial charge >= 0.3 is 5.97 Å². The van der Waals surface area contributed by atoms with E-state index in [1.165, 1.54) is 7.11 Å². The van der Waals surface area contributed by atoms with Gasteiger partial charge in [0.15, 0.2) is 5.82 Å². The zero-order chi connectivity index (χ0) is 14.7. The second-order valence-electron chi connectivity index (χ2n) is 5.03. The lowest BCUT2D eigenvalue weighted by Gasteiger charge is -2.32. The predicted molar refractivity (Wildman–Crippen MR) is 77.7 cm³/mol. The molecule has 1 fully saturated rings. The van der Waals surface area contributed by atoms with E-state index in [4.69, 9.17) is 9.26 Å². The topological polar surface area (TPSA) is 68.5 Å². The van der Waals surface area contributed by atoms with E-state index >= 15 is 0 Å². The summed E-state index contributed by atoms with van der Waals surface area (Å²) in [4.78, 5) is 18.3. The summed E-state index contributed by atoms with van der Waals surface area (Å²) in [5.74, 6) is 0.945. The van der Waals surface area contributed by atoms with Crippen LogP contribution in [0.2, 0.25) is 0 Å². The average Bonchev–Trinajstić information content (AvgIpc) is 3.18. The fourth-order valence-corrected chi connectivity index (χ4v) is 3.22. The minimum Gasteiger partial charge on any atom is -0.468 e. The van der Waals surface area contributed by atoms with E-state index in [1.807, 2.05) is 16.8 Å². The van der Waals surface area contributed by atoms with Gasteiger partial charge in [-0.25, -0.2) is 0 Å². The first-order chi connectivity index (χ1) is 10.3. The number of esters is 1. The van der Waals surface area contributed by atoms with E-state index in [0.717, 1.165) is 31.4 Å². The molecule has 0 aliphatic carbocycles. The summed E-state index contributed by atoms with van der Waals surface area (Å²) < 4.78 is 10.2. The number of hydrogen-bond acceptors (Lipinski definition) is 7. The summed E-state index contributed by atoms with van der Waals surface area (Å²) in [6.45, 7) is 1.36. The SMILES string of the molecule is COC(=O)[C@H]1CCCCN1Cc1noc(-c2ccsc2)n1. The Kier molecular flexibility index (Phi) is 4.31. The van der Waals surface area contributed by atoms with Gasteiger partial charge in [-0.2, -0.15) is 16.3 Å². The number of hydrogen-bond donors (Lipinski definition) is 0. The molecular weight excluding hydrogens is 290 g/mol. The van der Waals surface area contributed by atoms with Gasteiger partial charge in [-0.15, -0.1) is 0 Å². The number of piperidine rings is 1. The van der Waals surface area contributed by atoms with Gasteiger partial charge in [0, 0.05) is 5.38 Å². The molecule has 2 aromatic heterocycles. The van der Waals surface area contributed by atoms with Crippen LogP contribution in [0.1, 0.15) is 25.1 Å². The van der Waals surface area contributed by atoms with Crippen molar-refractivity contribution in [2.45, 2.75) is 31.8 Å². The molecule has 1 saturated heterocycles. The summed E-state index contributed by atoms with van der Waals surface area (Å²) in [6.07, 6.45) is 2.94. The van der Waals surface area contributed by atoms with Crippen LogP contribution in [0.3, 0.4) is 0 Å². The second kappa shape index (κ2) is 6.36. The Morgan fingerprint density at radius 2 is 2.48 bits per heavy atom. The zero-order valence-corrected chi connectivity index (χ0v) is 12.6. The molecule has 0 bridgehead atoms. The van der Waals surface area contributed by atoms with Crippen LogP contribution in [-0.4, -0.2) is 40.7 Å². The minimum atomic E-state index is -0.202. The first-order valence-corrected chi connectivity index (χ1v) is 7.89. The van der Waals surface area contributed by atoms with Crippen LogP contribution in [0.5, 0.6) is 0 Å². The molecule has 3 heterocycles. The normalized spacial score (nSPS) is 19.6. The van der Waals surface area contributed by atoms with Crippen molar-refractivity contribution in [1.82, 2.24) is 15.0 Å². The van der Waals surface area contributed by atoms with E-state index < -0.39 is 0 Å². The molecule has 0 saturated carbocycles. The van der Waals surface area contributed by atoms with Gasteiger partial charge in [-0.05, 0) is 30.8 Å². The van der Waals surface area contributed by atoms with Crippen molar-refractivity contribution < 1.29 is 14.1 Å². The Hall–Kier alpha value is -1.73. The first-order valence-electron chi connectivity index (χ1n) is 6.95. The Morgan fingerprint density at radius 3 is 3.24 bits per heavy atom. The van der Waals surface area contributed by atoms with E-state index in [1.54, 1.807) is 11.3 Å². The van der Waals surface area contributed by atoms with Gasteiger partial charge in [0.05, 0.1) is 19.2 Å². The predicted octanol–water partition coefficient (Wildman–Crippen LogP) is 2.33. The highest BCUT2D eigenvalue weighted by Crippen LogP contribution is 2.23. The molecule has 112 valence electrons. The molecule has 3 rings (SSSR count). The van der Waals surface area contributed by atoms with Crippen LogP contribution in [0.15, 0.2) is 21.3 Å². The average molecular weight is 307 g/mol. The van der Waals surface area contributed by atoms with Gasteiger partial charge in [0.25, 0.3) is 5.89 Å². The van der Waals surface area contributed by atoms with Crippen LogP contribution in [0, 0.1) is 0 Å². The smallest absolute Gasteiger partial charge is 0.323 e. The monoisotopic (exact) mass is 307 g/mol. The Balaban J connectivity index is 1.71. The van der Waals surface area contributed by atoms with Crippen molar-refractivity contribution >= 4 is 17.3 Å². The van der Waals surface area contributed by atoms with Crippen LogP contribution in [0.25, 0.3) is 11.5 Å². The summed E-state index contributed by atoms with van der Waals surface area (Å²) >= 11 is 1.59. The van der Waals surface area contributed by atoms with E-state index in [9.17, 15) is 4.79 Å². The summed E-state index contributed by atoms with van der Waals surface area (Å²) in [6, 6.07) is 1.74. The third kappa shape index (κ3) is 3.14. The van der Waals surface area contributed by atoms with Crippen molar-refractivity contribution in [2.24, 2.45) is 0 Å². The number of carbonyl (C=O) groups excluding carboxylic acids is 1. The molecule has 0 aromatic carbocycles. The van der Waals surface area contributed by atoms with Gasteiger partial charge in [0.2, 0.25) is 0 Å². The molecule has 2 aromatic rings. The van der Waals surface area contributed by atoms with Crippen LogP contribution < -0.4 is 0 Å². The lowest BCUT2D eigenvalue weighted by atomic mass is 10.0. The quantitative estimate of drug-likeness (QED) is 0.808. The van der Waals surface area contributed by atoms with Crippen molar-refractivity contribution in [1.29, 1.82) is 0 Å². The van der Waals surface area contributed by atoms with Crippen LogP contribution in [-0.2, 0) is 16.1 Å². The van der Waals surface area contributed by atoms with Crippen molar-refractivity contribution in [3.63, 3.8) is 0 Å². The summed E-state index contributed by atoms with van der Waals surface area (Å²) in [5, 5.41) is 7.95. The molecule has 7 heteroatoms. The van der Waals surface area contributed by atoms with Gasteiger partial charge < -0.3 is 9.26 Å².